The molecule has 5 nitrogen and oxygen atoms in total. The molecule has 1 amide bonds. The fourth-order valence-electron chi connectivity index (χ4n) is 2.99. The Hall–Kier alpha value is -2.80. The van der Waals surface area contributed by atoms with E-state index in [9.17, 15) is 18.4 Å². The summed E-state index contributed by atoms with van der Waals surface area (Å²) in [6.45, 7) is 2.02. The SMILES string of the molecule is CCOC(=O)[C@H](Cc1ccccc1)N(C)CC(=O)NCCc1c(F)cccc1F. The maximum absolute atomic E-state index is 13.6. The molecule has 7 heteroatoms. The molecule has 0 aliphatic rings. The van der Waals surface area contributed by atoms with Crippen LogP contribution in [0.25, 0.3) is 0 Å². The molecule has 0 aliphatic heterocycles. The highest BCUT2D eigenvalue weighted by Gasteiger charge is 2.26. The number of hydrogen-bond donors (Lipinski definition) is 1. The van der Waals surface area contributed by atoms with Crippen molar-refractivity contribution in [1.29, 1.82) is 0 Å². The van der Waals surface area contributed by atoms with E-state index in [4.69, 9.17) is 4.74 Å². The zero-order chi connectivity index (χ0) is 21.2. The number of rotatable bonds is 10. The number of benzene rings is 2. The van der Waals surface area contributed by atoms with Crippen LogP contribution >= 0.6 is 0 Å². The van der Waals surface area contributed by atoms with Crippen molar-refractivity contribution in [3.8, 4) is 0 Å². The van der Waals surface area contributed by atoms with Crippen molar-refractivity contribution in [2.75, 3.05) is 26.7 Å². The molecule has 0 saturated carbocycles. The molecule has 1 N–H and O–H groups in total. The van der Waals surface area contributed by atoms with Crippen molar-refractivity contribution in [1.82, 2.24) is 10.2 Å². The first-order chi connectivity index (χ1) is 13.9. The van der Waals surface area contributed by atoms with Crippen LogP contribution in [-0.2, 0) is 27.2 Å². The summed E-state index contributed by atoms with van der Waals surface area (Å²) < 4.78 is 32.4. The summed E-state index contributed by atoms with van der Waals surface area (Å²) in [7, 11) is 1.67. The number of carbonyl (C=O) groups is 2. The first-order valence-corrected chi connectivity index (χ1v) is 9.52. The highest BCUT2D eigenvalue weighted by Crippen LogP contribution is 2.12. The van der Waals surface area contributed by atoms with E-state index in [1.165, 1.54) is 18.2 Å². The Morgan fingerprint density at radius 1 is 1.07 bits per heavy atom. The zero-order valence-electron chi connectivity index (χ0n) is 16.7. The predicted octanol–water partition coefficient (Wildman–Crippen LogP) is 2.73. The van der Waals surface area contributed by atoms with E-state index < -0.39 is 23.6 Å². The molecule has 29 heavy (non-hydrogen) atoms. The van der Waals surface area contributed by atoms with Gasteiger partial charge in [0.2, 0.25) is 5.91 Å². The lowest BCUT2D eigenvalue weighted by Crippen LogP contribution is -2.46. The normalized spacial score (nSPS) is 11.9. The number of nitrogens with zero attached hydrogens (tertiary/aromatic N) is 1. The van der Waals surface area contributed by atoms with E-state index in [-0.39, 0.29) is 37.6 Å². The summed E-state index contributed by atoms with van der Waals surface area (Å²) in [5, 5.41) is 2.64. The molecule has 156 valence electrons. The maximum Gasteiger partial charge on any atom is 0.323 e. The standard InChI is InChI=1S/C22H26F2N2O3/c1-3-29-22(28)20(14-16-8-5-4-6-9-16)26(2)15-21(27)25-13-12-17-18(23)10-7-11-19(17)24/h4-11,20H,3,12-15H2,1-2H3,(H,25,27)/t20-/m0/s1. The second-order valence-electron chi connectivity index (χ2n) is 6.67. The number of carbonyl (C=O) groups excluding carboxylic acids is 2. The molecule has 0 aliphatic carbocycles. The van der Waals surface area contributed by atoms with Gasteiger partial charge in [-0.3, -0.25) is 14.5 Å². The largest absolute Gasteiger partial charge is 0.465 e. The summed E-state index contributed by atoms with van der Waals surface area (Å²) >= 11 is 0. The third-order valence-corrected chi connectivity index (χ3v) is 4.51. The smallest absolute Gasteiger partial charge is 0.323 e. The third-order valence-electron chi connectivity index (χ3n) is 4.51. The quantitative estimate of drug-likeness (QED) is 0.619. The van der Waals surface area contributed by atoms with Crippen molar-refractivity contribution < 1.29 is 23.1 Å². The van der Waals surface area contributed by atoms with Gasteiger partial charge in [0.25, 0.3) is 0 Å². The average Bonchev–Trinajstić information content (AvgIpc) is 2.69. The number of amides is 1. The van der Waals surface area contributed by atoms with Crippen LogP contribution in [0, 0.1) is 11.6 Å². The van der Waals surface area contributed by atoms with Crippen LogP contribution in [0.5, 0.6) is 0 Å². The van der Waals surface area contributed by atoms with Gasteiger partial charge in [-0.25, -0.2) is 8.78 Å². The van der Waals surface area contributed by atoms with Gasteiger partial charge in [0, 0.05) is 12.1 Å². The minimum absolute atomic E-state index is 0.0410. The van der Waals surface area contributed by atoms with Gasteiger partial charge >= 0.3 is 5.97 Å². The molecular weight excluding hydrogens is 378 g/mol. The number of ether oxygens (including phenoxy) is 1. The zero-order valence-corrected chi connectivity index (χ0v) is 16.7. The topological polar surface area (TPSA) is 58.6 Å². The molecule has 2 aromatic carbocycles. The van der Waals surface area contributed by atoms with Crippen molar-refractivity contribution in [3.63, 3.8) is 0 Å². The monoisotopic (exact) mass is 404 g/mol. The molecule has 0 radical (unpaired) electrons. The van der Waals surface area contributed by atoms with Gasteiger partial charge < -0.3 is 10.1 Å². The van der Waals surface area contributed by atoms with Crippen LogP contribution in [0.15, 0.2) is 48.5 Å². The van der Waals surface area contributed by atoms with Gasteiger partial charge in [0.15, 0.2) is 0 Å². The molecule has 0 saturated heterocycles. The van der Waals surface area contributed by atoms with Gasteiger partial charge in [-0.2, -0.15) is 0 Å². The highest BCUT2D eigenvalue weighted by molar-refractivity contribution is 5.80. The lowest BCUT2D eigenvalue weighted by atomic mass is 10.0. The molecule has 0 heterocycles. The van der Waals surface area contributed by atoms with Gasteiger partial charge in [-0.05, 0) is 44.5 Å². The molecule has 0 spiro atoms. The molecule has 1 atom stereocenters. The summed E-state index contributed by atoms with van der Waals surface area (Å²) in [6.07, 6.45) is 0.448. The number of likely N-dealkylation sites (N-methyl/N-ethyl adjacent to an activating group) is 1. The molecule has 0 bridgehead atoms. The van der Waals surface area contributed by atoms with Crippen molar-refractivity contribution in [3.05, 3.63) is 71.3 Å². The summed E-state index contributed by atoms with van der Waals surface area (Å²) in [5.74, 6) is -2.02. The number of halogens is 2. The minimum atomic E-state index is -0.637. The van der Waals surface area contributed by atoms with Crippen LogP contribution in [-0.4, -0.2) is 49.6 Å². The Morgan fingerprint density at radius 3 is 2.34 bits per heavy atom. The molecule has 0 unspecified atom stereocenters. The van der Waals surface area contributed by atoms with Gasteiger partial charge in [-0.15, -0.1) is 0 Å². The Morgan fingerprint density at radius 2 is 1.72 bits per heavy atom. The van der Waals surface area contributed by atoms with E-state index >= 15 is 0 Å². The van der Waals surface area contributed by atoms with Gasteiger partial charge in [0.05, 0.1) is 13.2 Å². The Kier molecular flexibility index (Phi) is 8.73. The lowest BCUT2D eigenvalue weighted by molar-refractivity contribution is -0.149. The second-order valence-corrected chi connectivity index (χ2v) is 6.67. The fourth-order valence-corrected chi connectivity index (χ4v) is 2.99. The molecule has 0 fully saturated rings. The van der Waals surface area contributed by atoms with Crippen LogP contribution in [0.1, 0.15) is 18.1 Å². The summed E-state index contributed by atoms with van der Waals surface area (Å²) in [6, 6.07) is 12.5. The van der Waals surface area contributed by atoms with Crippen LogP contribution in [0.4, 0.5) is 8.78 Å². The third kappa shape index (κ3) is 6.94. The first kappa shape index (κ1) is 22.5. The highest BCUT2D eigenvalue weighted by atomic mass is 19.1. The Bertz CT molecular complexity index is 795. The predicted molar refractivity (Wildman–Crippen MR) is 106 cm³/mol. The molecule has 0 aromatic heterocycles. The van der Waals surface area contributed by atoms with Gasteiger partial charge in [0.1, 0.15) is 17.7 Å². The van der Waals surface area contributed by atoms with Crippen LogP contribution < -0.4 is 5.32 Å². The fraction of sp³-hybridized carbons (Fsp3) is 0.364. The first-order valence-electron chi connectivity index (χ1n) is 9.52. The minimum Gasteiger partial charge on any atom is -0.465 e. The van der Waals surface area contributed by atoms with Crippen LogP contribution in [0.2, 0.25) is 0 Å². The van der Waals surface area contributed by atoms with Crippen LogP contribution in [0.3, 0.4) is 0 Å². The number of hydrogen-bond acceptors (Lipinski definition) is 4. The van der Waals surface area contributed by atoms with Crippen molar-refractivity contribution in [2.24, 2.45) is 0 Å². The maximum atomic E-state index is 13.6. The van der Waals surface area contributed by atoms with E-state index in [2.05, 4.69) is 5.32 Å². The summed E-state index contributed by atoms with van der Waals surface area (Å²) in [5.41, 5.74) is 0.891. The van der Waals surface area contributed by atoms with E-state index in [1.807, 2.05) is 30.3 Å². The Labute approximate surface area is 169 Å². The van der Waals surface area contributed by atoms with Crippen molar-refractivity contribution in [2.45, 2.75) is 25.8 Å². The second kappa shape index (κ2) is 11.3. The van der Waals surface area contributed by atoms with E-state index in [0.29, 0.717) is 6.42 Å². The lowest BCUT2D eigenvalue weighted by Gasteiger charge is -2.26. The van der Waals surface area contributed by atoms with Crippen molar-refractivity contribution >= 4 is 11.9 Å². The number of esters is 1. The van der Waals surface area contributed by atoms with E-state index in [1.54, 1.807) is 18.9 Å². The molecule has 2 aromatic rings. The molecular formula is C22H26F2N2O3. The summed E-state index contributed by atoms with van der Waals surface area (Å²) in [4.78, 5) is 26.2. The average molecular weight is 404 g/mol. The number of nitrogens with one attached hydrogen (secondary N) is 1. The van der Waals surface area contributed by atoms with Gasteiger partial charge in [-0.1, -0.05) is 36.4 Å². The Balaban J connectivity index is 1.92. The molecule has 2 rings (SSSR count). The van der Waals surface area contributed by atoms with E-state index in [0.717, 1.165) is 5.56 Å².